The Morgan fingerprint density at radius 3 is 2.63 bits per heavy atom. The predicted octanol–water partition coefficient (Wildman–Crippen LogP) is 0.686. The maximum Gasteiger partial charge on any atom is 0.490 e. The average Bonchev–Trinajstić information content (AvgIpc) is 3.28. The fourth-order valence-electron chi connectivity index (χ4n) is 2.98. The van der Waals surface area contributed by atoms with Crippen LogP contribution in [0.25, 0.3) is 11.2 Å². The van der Waals surface area contributed by atoms with Gasteiger partial charge in [-0.15, -0.1) is 0 Å². The number of ether oxygens (including phenoxy) is 2. The van der Waals surface area contributed by atoms with E-state index in [0.29, 0.717) is 0 Å². The van der Waals surface area contributed by atoms with Crippen molar-refractivity contribution in [2.24, 2.45) is 0 Å². The molecule has 0 aromatic carbocycles. The van der Waals surface area contributed by atoms with Gasteiger partial charge in [-0.1, -0.05) is 21.6 Å². The average molecular weight is 599 g/mol. The van der Waals surface area contributed by atoms with Crippen LogP contribution in [0.1, 0.15) is 12.6 Å². The smallest absolute Gasteiger partial charge is 0.369 e. The van der Waals surface area contributed by atoms with E-state index in [1.54, 1.807) is 0 Å². The maximum atomic E-state index is 12.1. The van der Waals surface area contributed by atoms with Crippen molar-refractivity contribution < 1.29 is 55.9 Å². The Hall–Kier alpha value is -0.820. The largest absolute Gasteiger partial charge is 0.490 e. The van der Waals surface area contributed by atoms with Gasteiger partial charge in [0, 0.05) is 6.42 Å². The van der Waals surface area contributed by atoms with E-state index in [2.05, 4.69) is 28.1 Å². The Labute approximate surface area is 203 Å². The Kier molecular flexibility index (Phi) is 9.27. The van der Waals surface area contributed by atoms with Crippen LogP contribution in [0.5, 0.6) is 0 Å². The van der Waals surface area contributed by atoms with Gasteiger partial charge in [0.25, 0.3) is 5.56 Å². The zero-order valence-corrected chi connectivity index (χ0v) is 21.8. The summed E-state index contributed by atoms with van der Waals surface area (Å²) in [7, 11) is -13.8. The summed E-state index contributed by atoms with van der Waals surface area (Å²) in [4.78, 5) is 58.6. The van der Waals surface area contributed by atoms with Crippen LogP contribution < -0.4 is 11.3 Å². The maximum absolute atomic E-state index is 12.1. The highest BCUT2D eigenvalue weighted by atomic mass is 33.1. The van der Waals surface area contributed by atoms with E-state index in [0.717, 1.165) is 0 Å². The second-order valence-corrected chi connectivity index (χ2v) is 13.6. The van der Waals surface area contributed by atoms with Crippen molar-refractivity contribution in [3.8, 4) is 0 Å². The van der Waals surface area contributed by atoms with Gasteiger partial charge in [-0.2, -0.15) is 13.6 Å². The minimum absolute atomic E-state index is 0.00470. The second-order valence-electron chi connectivity index (χ2n) is 6.63. The predicted molar refractivity (Wildman–Crippen MR) is 122 cm³/mol. The minimum Gasteiger partial charge on any atom is -0.369 e. The van der Waals surface area contributed by atoms with Crippen LogP contribution in [-0.2, 0) is 36.3 Å². The number of nitrogens with two attached hydrogens (primary N) is 1. The van der Waals surface area contributed by atoms with Crippen molar-refractivity contribution in [3.63, 3.8) is 0 Å². The molecule has 0 bridgehead atoms. The van der Waals surface area contributed by atoms with E-state index < -0.39 is 54.1 Å². The highest BCUT2D eigenvalue weighted by molar-refractivity contribution is 8.76. The normalized spacial score (nSPS) is 24.4. The van der Waals surface area contributed by atoms with Crippen LogP contribution in [0.4, 0.5) is 5.95 Å². The van der Waals surface area contributed by atoms with E-state index in [-0.39, 0.29) is 29.5 Å². The molecule has 3 rings (SSSR count). The monoisotopic (exact) mass is 599 g/mol. The van der Waals surface area contributed by atoms with Crippen molar-refractivity contribution in [3.05, 3.63) is 16.7 Å². The van der Waals surface area contributed by atoms with Crippen molar-refractivity contribution in [1.29, 1.82) is 0 Å². The molecule has 1 aliphatic heterocycles. The zero-order valence-electron chi connectivity index (χ0n) is 17.5. The molecular weight excluding hydrogens is 579 g/mol. The number of phosphoric ester groups is 1. The van der Waals surface area contributed by atoms with Crippen LogP contribution in [0.2, 0.25) is 0 Å². The molecule has 1 saturated heterocycles. The van der Waals surface area contributed by atoms with Crippen molar-refractivity contribution in [1.82, 2.24) is 19.5 Å². The summed E-state index contributed by atoms with van der Waals surface area (Å²) >= 11 is 0. The molecule has 5 atom stereocenters. The fraction of sp³-hybridized carbons (Fsp3) is 0.583. The third kappa shape index (κ3) is 8.08. The first-order valence-electron chi connectivity index (χ1n) is 9.13. The quantitative estimate of drug-likeness (QED) is 0.0847. The Bertz CT molecular complexity index is 1250. The third-order valence-electron chi connectivity index (χ3n) is 4.21. The summed E-state index contributed by atoms with van der Waals surface area (Å²) < 4.78 is 59.3. The van der Waals surface area contributed by atoms with Gasteiger partial charge in [0.1, 0.15) is 18.3 Å². The van der Waals surface area contributed by atoms with Crippen molar-refractivity contribution in [2.75, 3.05) is 24.5 Å². The Balaban J connectivity index is 1.75. The van der Waals surface area contributed by atoms with E-state index in [4.69, 9.17) is 25.0 Å². The molecule has 18 nitrogen and oxygen atoms in total. The molecule has 2 unspecified atom stereocenters. The van der Waals surface area contributed by atoms with Gasteiger partial charge in [0.05, 0.1) is 19.0 Å². The van der Waals surface area contributed by atoms with Gasteiger partial charge < -0.3 is 34.8 Å². The summed E-state index contributed by atoms with van der Waals surface area (Å²) in [6, 6.07) is 0. The topological polar surface area (TPSA) is 268 Å². The number of fused-ring (bicyclic) bond motifs is 1. The summed E-state index contributed by atoms with van der Waals surface area (Å²) in [5.74, 6) is 0.0408. The minimum atomic E-state index is -5.67. The number of nitrogens with one attached hydrogen (secondary N) is 1. The lowest BCUT2D eigenvalue weighted by molar-refractivity contribution is -0.0522. The molecule has 0 amide bonds. The van der Waals surface area contributed by atoms with Gasteiger partial charge in [-0.05, 0) is 6.26 Å². The molecule has 0 spiro atoms. The number of aromatic amines is 1. The number of hydrogen-bond donors (Lipinski definition) is 6. The summed E-state index contributed by atoms with van der Waals surface area (Å²) in [5, 5.41) is 0. The molecule has 7 N–H and O–H groups in total. The summed E-state index contributed by atoms with van der Waals surface area (Å²) in [6.45, 7) is -0.711. The third-order valence-corrected chi connectivity index (χ3v) is 9.47. The molecule has 2 aromatic heterocycles. The first kappa shape index (κ1) is 28.7. The second kappa shape index (κ2) is 11.3. The lowest BCUT2D eigenvalue weighted by atomic mass is 10.2. The molecule has 0 saturated carbocycles. The van der Waals surface area contributed by atoms with E-state index in [9.17, 15) is 28.3 Å². The van der Waals surface area contributed by atoms with E-state index in [1.165, 1.54) is 32.5 Å². The number of phosphoric acid groups is 3. The number of H-pyrrole nitrogens is 1. The molecule has 35 heavy (non-hydrogen) atoms. The van der Waals surface area contributed by atoms with E-state index in [1.807, 2.05) is 6.26 Å². The summed E-state index contributed by atoms with van der Waals surface area (Å²) in [5.41, 5.74) is 5.13. The number of rotatable bonds is 12. The molecular formula is C12H20N5O13P3S2. The first-order chi connectivity index (χ1) is 16.2. The van der Waals surface area contributed by atoms with Crippen LogP contribution >= 0.6 is 45.1 Å². The van der Waals surface area contributed by atoms with Crippen LogP contribution in [-0.4, -0.2) is 70.1 Å². The van der Waals surface area contributed by atoms with Crippen LogP contribution in [0.15, 0.2) is 11.1 Å². The van der Waals surface area contributed by atoms with Gasteiger partial charge in [0.15, 0.2) is 11.2 Å². The van der Waals surface area contributed by atoms with Gasteiger partial charge in [-0.25, -0.2) is 18.7 Å². The molecule has 1 fully saturated rings. The number of nitrogen functional groups attached to an aromatic ring is 1. The molecule has 0 aliphatic carbocycles. The Morgan fingerprint density at radius 2 is 1.97 bits per heavy atom. The highest BCUT2D eigenvalue weighted by Crippen LogP contribution is 2.66. The number of hydrogen-bond acceptors (Lipinski definition) is 14. The number of anilines is 1. The van der Waals surface area contributed by atoms with Gasteiger partial charge in [-0.3, -0.25) is 18.9 Å². The number of imidazole rings is 1. The van der Waals surface area contributed by atoms with E-state index >= 15 is 0 Å². The first-order valence-corrected chi connectivity index (χ1v) is 16.4. The molecule has 1 aliphatic rings. The van der Waals surface area contributed by atoms with Crippen molar-refractivity contribution >= 4 is 62.2 Å². The summed E-state index contributed by atoms with van der Waals surface area (Å²) in [6.07, 6.45) is 0.662. The lowest BCUT2D eigenvalue weighted by Gasteiger charge is -2.21. The Morgan fingerprint density at radius 1 is 1.26 bits per heavy atom. The molecule has 198 valence electrons. The molecule has 23 heteroatoms. The number of nitrogens with zero attached hydrogens (tertiary/aromatic N) is 3. The molecule has 2 aromatic rings. The molecule has 0 radical (unpaired) electrons. The SMILES string of the molecule is CSSCO[C@H]1C[C@H](n2cnc3c(=O)[nH]c(N)nc32)O[C@@H]1COP(=O)(O)OP(=O)(O)OP(=O)(O)O. The fourth-order valence-corrected chi connectivity index (χ4v) is 6.80. The van der Waals surface area contributed by atoms with Gasteiger partial charge in [0.2, 0.25) is 5.95 Å². The lowest BCUT2D eigenvalue weighted by Crippen LogP contribution is -2.28. The van der Waals surface area contributed by atoms with Crippen LogP contribution in [0, 0.1) is 0 Å². The zero-order chi connectivity index (χ0) is 26.0. The van der Waals surface area contributed by atoms with Crippen LogP contribution in [0.3, 0.4) is 0 Å². The van der Waals surface area contributed by atoms with Gasteiger partial charge >= 0.3 is 23.5 Å². The highest BCUT2D eigenvalue weighted by Gasteiger charge is 2.43. The molecule has 3 heterocycles. The standard InChI is InChI=1S/C12H20N5O13P3S2/c1-34-35-5-26-6-2-8(17-4-14-9-10(17)15-12(13)16-11(9)18)28-7(6)3-27-32(22,23)30-33(24,25)29-31(19,20)21/h4,6-8H,2-3,5H2,1H3,(H,22,23)(H,24,25)(H2,19,20,21)(H3,13,15,16,18)/t6-,7+,8+/m0/s1. The number of aromatic nitrogens is 4. The van der Waals surface area contributed by atoms with Crippen molar-refractivity contribution in [2.45, 2.75) is 24.9 Å².